The van der Waals surface area contributed by atoms with Crippen LogP contribution in [0.25, 0.3) is 0 Å². The Morgan fingerprint density at radius 1 is 1.53 bits per heavy atom. The first kappa shape index (κ1) is 10.1. The van der Waals surface area contributed by atoms with Gasteiger partial charge in [0.05, 0.1) is 5.41 Å². The van der Waals surface area contributed by atoms with Gasteiger partial charge in [0.2, 0.25) is 5.91 Å². The molecule has 1 aliphatic rings. The summed E-state index contributed by atoms with van der Waals surface area (Å²) in [5.74, 6) is 0.0699. The van der Waals surface area contributed by atoms with Crippen LogP contribution in [0.2, 0.25) is 0 Å². The molecule has 0 bridgehead atoms. The molecule has 4 nitrogen and oxygen atoms in total. The first-order chi connectivity index (χ1) is 7.15. The maximum atomic E-state index is 12.0. The van der Waals surface area contributed by atoms with Gasteiger partial charge in [-0.3, -0.25) is 15.2 Å². The molecule has 0 spiro atoms. The van der Waals surface area contributed by atoms with Crippen molar-refractivity contribution in [1.29, 1.82) is 0 Å². The van der Waals surface area contributed by atoms with Crippen molar-refractivity contribution in [2.75, 3.05) is 14.1 Å². The highest BCUT2D eigenvalue weighted by Crippen LogP contribution is 2.48. The van der Waals surface area contributed by atoms with E-state index in [-0.39, 0.29) is 11.3 Å². The topological polar surface area (TPSA) is 45.2 Å². The summed E-state index contributed by atoms with van der Waals surface area (Å²) < 4.78 is 0. The molecule has 2 rings (SSSR count). The number of aromatic nitrogens is 1. The van der Waals surface area contributed by atoms with Crippen LogP contribution < -0.4 is 5.43 Å². The molecule has 1 aromatic rings. The van der Waals surface area contributed by atoms with Crippen LogP contribution in [0, 0.1) is 0 Å². The minimum Gasteiger partial charge on any atom is -0.289 e. The van der Waals surface area contributed by atoms with Crippen LogP contribution in [0.15, 0.2) is 24.5 Å². The number of carbonyl (C=O) groups is 1. The van der Waals surface area contributed by atoms with E-state index in [0.717, 1.165) is 18.4 Å². The molecule has 4 heteroatoms. The number of pyridine rings is 1. The number of hydrazine groups is 1. The van der Waals surface area contributed by atoms with Gasteiger partial charge in [-0.1, -0.05) is 6.07 Å². The van der Waals surface area contributed by atoms with Gasteiger partial charge in [-0.2, -0.15) is 0 Å². The fraction of sp³-hybridized carbons (Fsp3) is 0.455. The Balaban J connectivity index is 2.18. The van der Waals surface area contributed by atoms with E-state index in [4.69, 9.17) is 0 Å². The zero-order chi connectivity index (χ0) is 10.9. The van der Waals surface area contributed by atoms with Gasteiger partial charge in [-0.05, 0) is 24.5 Å². The number of nitrogens with one attached hydrogen (secondary N) is 1. The highest BCUT2D eigenvalue weighted by molar-refractivity contribution is 5.90. The Kier molecular flexibility index (Phi) is 2.44. The summed E-state index contributed by atoms with van der Waals surface area (Å²) in [4.78, 5) is 16.0. The second-order valence-electron chi connectivity index (χ2n) is 4.16. The van der Waals surface area contributed by atoms with Gasteiger partial charge in [-0.15, -0.1) is 0 Å². The van der Waals surface area contributed by atoms with Gasteiger partial charge >= 0.3 is 0 Å². The van der Waals surface area contributed by atoms with Crippen LogP contribution in [0.5, 0.6) is 0 Å². The zero-order valence-electron chi connectivity index (χ0n) is 9.03. The molecule has 0 saturated heterocycles. The number of carbonyl (C=O) groups excluding carboxylic acids is 1. The van der Waals surface area contributed by atoms with E-state index in [2.05, 4.69) is 10.4 Å². The molecule has 1 N–H and O–H groups in total. The van der Waals surface area contributed by atoms with Gasteiger partial charge in [0.15, 0.2) is 0 Å². The standard InChI is InChI=1S/C11H15N3O/c1-14(2)13-10(15)11(5-6-11)9-4-3-7-12-8-9/h3-4,7-8H,5-6H2,1-2H3,(H,13,15). The molecule has 0 aliphatic heterocycles. The predicted molar refractivity (Wildman–Crippen MR) is 57.0 cm³/mol. The smallest absolute Gasteiger partial charge is 0.244 e. The molecule has 80 valence electrons. The summed E-state index contributed by atoms with van der Waals surface area (Å²) in [7, 11) is 3.63. The van der Waals surface area contributed by atoms with E-state index in [1.807, 2.05) is 26.2 Å². The molecule has 1 heterocycles. The lowest BCUT2D eigenvalue weighted by atomic mass is 9.97. The predicted octanol–water partition coefficient (Wildman–Crippen LogP) is 0.706. The van der Waals surface area contributed by atoms with Gasteiger partial charge in [-0.25, -0.2) is 5.01 Å². The third-order valence-corrected chi connectivity index (χ3v) is 2.72. The van der Waals surface area contributed by atoms with Crippen LogP contribution in [0.1, 0.15) is 18.4 Å². The van der Waals surface area contributed by atoms with Gasteiger partial charge in [0.1, 0.15) is 0 Å². The molecule has 0 atom stereocenters. The van der Waals surface area contributed by atoms with Crippen LogP contribution in [-0.4, -0.2) is 30.0 Å². The monoisotopic (exact) mass is 205 g/mol. The first-order valence-electron chi connectivity index (χ1n) is 5.04. The van der Waals surface area contributed by atoms with Gasteiger partial charge in [0.25, 0.3) is 0 Å². The molecular weight excluding hydrogens is 190 g/mol. The fourth-order valence-electron chi connectivity index (χ4n) is 1.73. The second kappa shape index (κ2) is 3.62. The summed E-state index contributed by atoms with van der Waals surface area (Å²) in [6.07, 6.45) is 5.34. The molecule has 1 aromatic heterocycles. The summed E-state index contributed by atoms with van der Waals surface area (Å²) in [5.41, 5.74) is 3.51. The molecule has 0 unspecified atom stereocenters. The van der Waals surface area contributed by atoms with Crippen LogP contribution in [0.3, 0.4) is 0 Å². The molecular formula is C11H15N3O. The van der Waals surface area contributed by atoms with E-state index in [9.17, 15) is 4.79 Å². The minimum atomic E-state index is -0.321. The average molecular weight is 205 g/mol. The van der Waals surface area contributed by atoms with Crippen LogP contribution in [0.4, 0.5) is 0 Å². The molecule has 0 radical (unpaired) electrons. The minimum absolute atomic E-state index is 0.0699. The zero-order valence-corrected chi connectivity index (χ0v) is 9.03. The molecule has 1 saturated carbocycles. The highest BCUT2D eigenvalue weighted by Gasteiger charge is 2.51. The number of rotatable bonds is 3. The van der Waals surface area contributed by atoms with E-state index in [1.54, 1.807) is 17.4 Å². The van der Waals surface area contributed by atoms with Gasteiger partial charge in [0, 0.05) is 26.5 Å². The van der Waals surface area contributed by atoms with Crippen molar-refractivity contribution in [3.05, 3.63) is 30.1 Å². The lowest BCUT2D eigenvalue weighted by Gasteiger charge is -2.18. The van der Waals surface area contributed by atoms with Crippen molar-refractivity contribution in [2.24, 2.45) is 0 Å². The van der Waals surface area contributed by atoms with E-state index >= 15 is 0 Å². The first-order valence-corrected chi connectivity index (χ1v) is 5.04. The Morgan fingerprint density at radius 2 is 2.27 bits per heavy atom. The average Bonchev–Trinajstić information content (AvgIpc) is 2.99. The number of hydrogen-bond donors (Lipinski definition) is 1. The van der Waals surface area contributed by atoms with Crippen molar-refractivity contribution in [3.8, 4) is 0 Å². The molecule has 1 fully saturated rings. The number of nitrogens with zero attached hydrogens (tertiary/aromatic N) is 2. The third kappa shape index (κ3) is 1.85. The van der Waals surface area contributed by atoms with Crippen molar-refractivity contribution >= 4 is 5.91 Å². The van der Waals surface area contributed by atoms with Crippen LogP contribution in [-0.2, 0) is 10.2 Å². The summed E-state index contributed by atoms with van der Waals surface area (Å²) in [6.45, 7) is 0. The lowest BCUT2D eigenvalue weighted by Crippen LogP contribution is -2.42. The van der Waals surface area contributed by atoms with Crippen molar-refractivity contribution in [3.63, 3.8) is 0 Å². The fourth-order valence-corrected chi connectivity index (χ4v) is 1.73. The largest absolute Gasteiger partial charge is 0.289 e. The van der Waals surface area contributed by atoms with E-state index in [1.165, 1.54) is 0 Å². The number of hydrogen-bond acceptors (Lipinski definition) is 3. The maximum Gasteiger partial charge on any atom is 0.244 e. The van der Waals surface area contributed by atoms with E-state index < -0.39 is 0 Å². The normalized spacial score (nSPS) is 17.5. The summed E-state index contributed by atoms with van der Waals surface area (Å²) in [6, 6.07) is 3.84. The van der Waals surface area contributed by atoms with E-state index in [0.29, 0.717) is 0 Å². The Morgan fingerprint density at radius 3 is 2.73 bits per heavy atom. The number of amides is 1. The highest BCUT2D eigenvalue weighted by atomic mass is 16.2. The van der Waals surface area contributed by atoms with Gasteiger partial charge < -0.3 is 0 Å². The SMILES string of the molecule is CN(C)NC(=O)C1(c2cccnc2)CC1. The lowest BCUT2D eigenvalue weighted by molar-refractivity contribution is -0.127. The molecule has 15 heavy (non-hydrogen) atoms. The molecule has 1 aliphatic carbocycles. The Bertz CT molecular complexity index is 357. The van der Waals surface area contributed by atoms with Crippen LogP contribution >= 0.6 is 0 Å². The van der Waals surface area contributed by atoms with Crippen molar-refractivity contribution in [1.82, 2.24) is 15.4 Å². The quantitative estimate of drug-likeness (QED) is 0.739. The third-order valence-electron chi connectivity index (χ3n) is 2.72. The summed E-state index contributed by atoms with van der Waals surface area (Å²) >= 11 is 0. The Labute approximate surface area is 89.3 Å². The Hall–Kier alpha value is -1.42. The second-order valence-corrected chi connectivity index (χ2v) is 4.16. The molecule has 0 aromatic carbocycles. The van der Waals surface area contributed by atoms with Crippen molar-refractivity contribution < 1.29 is 4.79 Å². The molecule has 1 amide bonds. The summed E-state index contributed by atoms with van der Waals surface area (Å²) in [5, 5.41) is 1.68. The van der Waals surface area contributed by atoms with Crippen molar-refractivity contribution in [2.45, 2.75) is 18.3 Å². The maximum absolute atomic E-state index is 12.0.